The number of carbonyl (C=O) groups is 1. The molecule has 7 unspecified atom stereocenters. The number of aliphatic hydroxyl groups excluding tert-OH is 7. The van der Waals surface area contributed by atoms with Gasteiger partial charge in [-0.05, 0) is 6.92 Å². The van der Waals surface area contributed by atoms with Gasteiger partial charge in [0.05, 0.1) is 44.7 Å². The molecule has 7 atom stereocenters. The molecule has 0 aromatic carbocycles. The molecule has 0 bridgehead atoms. The molecule has 0 amide bonds. The summed E-state index contributed by atoms with van der Waals surface area (Å²) >= 11 is 0. The van der Waals surface area contributed by atoms with Crippen molar-refractivity contribution >= 4 is 5.97 Å². The monoisotopic (exact) mass is 400 g/mol. The number of aliphatic hydroxyl groups is 7. The second-order valence-electron chi connectivity index (χ2n) is 6.07. The van der Waals surface area contributed by atoms with Gasteiger partial charge in [-0.25, -0.2) is 4.79 Å². The van der Waals surface area contributed by atoms with E-state index in [0.717, 1.165) is 7.11 Å². The molecule has 0 aromatic rings. The van der Waals surface area contributed by atoms with E-state index < -0.39 is 55.3 Å². The molecule has 0 aromatic heterocycles. The van der Waals surface area contributed by atoms with Crippen molar-refractivity contribution in [1.82, 2.24) is 0 Å². The van der Waals surface area contributed by atoms with Crippen molar-refractivity contribution in [2.45, 2.75) is 62.5 Å². The molecule has 0 spiro atoms. The Kier molecular flexibility index (Phi) is 13.7. The topological polar surface area (TPSA) is 186 Å². The summed E-state index contributed by atoms with van der Waals surface area (Å²) in [5, 5.41) is 63.1. The third-order valence-electron chi connectivity index (χ3n) is 3.92. The largest absolute Gasteiger partial charge is 0.464 e. The van der Waals surface area contributed by atoms with E-state index in [1.54, 1.807) is 0 Å². The number of esters is 1. The first-order valence-electron chi connectivity index (χ1n) is 8.62. The van der Waals surface area contributed by atoms with E-state index in [1.165, 1.54) is 6.92 Å². The van der Waals surface area contributed by atoms with Gasteiger partial charge in [-0.3, -0.25) is 0 Å². The van der Waals surface area contributed by atoms with Gasteiger partial charge in [-0.15, -0.1) is 0 Å². The number of carbonyl (C=O) groups excluding carboxylic acids is 1. The van der Waals surface area contributed by atoms with Gasteiger partial charge in [-0.2, -0.15) is 0 Å². The zero-order valence-corrected chi connectivity index (χ0v) is 15.5. The Morgan fingerprint density at radius 1 is 1.19 bits per heavy atom. The van der Waals surface area contributed by atoms with Crippen LogP contribution in [-0.2, 0) is 19.0 Å². The van der Waals surface area contributed by atoms with E-state index in [-0.39, 0.29) is 26.2 Å². The minimum Gasteiger partial charge on any atom is -0.464 e. The molecule has 7 N–H and O–H groups in total. The highest BCUT2D eigenvalue weighted by Crippen LogP contribution is 2.17. The molecular formula is C16H32O11. The van der Waals surface area contributed by atoms with Gasteiger partial charge >= 0.3 is 5.97 Å². The van der Waals surface area contributed by atoms with Gasteiger partial charge in [0.15, 0.2) is 6.10 Å². The van der Waals surface area contributed by atoms with Crippen LogP contribution in [0.3, 0.4) is 0 Å². The average Bonchev–Trinajstić information content (AvgIpc) is 3.12. The van der Waals surface area contributed by atoms with Crippen molar-refractivity contribution < 1.29 is 54.8 Å². The summed E-state index contributed by atoms with van der Waals surface area (Å²) in [6.07, 6.45) is -7.34. The third-order valence-corrected chi connectivity index (χ3v) is 3.92. The normalized spacial score (nSPS) is 24.9. The predicted molar refractivity (Wildman–Crippen MR) is 90.6 cm³/mol. The molecule has 1 rings (SSSR count). The first-order chi connectivity index (χ1) is 12.8. The lowest BCUT2D eigenvalue weighted by Crippen LogP contribution is -2.40. The second-order valence-corrected chi connectivity index (χ2v) is 6.07. The van der Waals surface area contributed by atoms with Gasteiger partial charge in [-0.1, -0.05) is 0 Å². The summed E-state index contributed by atoms with van der Waals surface area (Å²) in [4.78, 5) is 11.7. The molecule has 1 aliphatic heterocycles. The van der Waals surface area contributed by atoms with Crippen LogP contribution in [0.15, 0.2) is 0 Å². The van der Waals surface area contributed by atoms with Crippen molar-refractivity contribution in [1.29, 1.82) is 0 Å². The van der Waals surface area contributed by atoms with Crippen LogP contribution in [0.2, 0.25) is 0 Å². The van der Waals surface area contributed by atoms with Crippen molar-refractivity contribution in [3.8, 4) is 0 Å². The fraction of sp³-hybridized carbons (Fsp3) is 0.938. The van der Waals surface area contributed by atoms with Gasteiger partial charge in [0.2, 0.25) is 0 Å². The molecule has 1 saturated heterocycles. The lowest BCUT2D eigenvalue weighted by Gasteiger charge is -2.22. The van der Waals surface area contributed by atoms with Gasteiger partial charge < -0.3 is 50.0 Å². The first-order valence-corrected chi connectivity index (χ1v) is 8.62. The van der Waals surface area contributed by atoms with E-state index in [9.17, 15) is 30.3 Å². The fourth-order valence-corrected chi connectivity index (χ4v) is 2.26. The smallest absolute Gasteiger partial charge is 0.334 e. The molecular weight excluding hydrogens is 368 g/mol. The molecule has 11 heteroatoms. The predicted octanol–water partition coefficient (Wildman–Crippen LogP) is -3.48. The highest BCUT2D eigenvalue weighted by molar-refractivity contribution is 5.74. The Balaban J connectivity index is 0.00000326. The molecule has 0 aliphatic carbocycles. The molecule has 1 aliphatic rings. The summed E-state index contributed by atoms with van der Waals surface area (Å²) < 4.78 is 15.3. The lowest BCUT2D eigenvalue weighted by atomic mass is 10.1. The van der Waals surface area contributed by atoms with Crippen LogP contribution < -0.4 is 0 Å². The summed E-state index contributed by atoms with van der Waals surface area (Å²) in [7, 11) is 1.00. The van der Waals surface area contributed by atoms with E-state index >= 15 is 0 Å². The van der Waals surface area contributed by atoms with E-state index in [4.69, 9.17) is 24.4 Å². The maximum absolute atomic E-state index is 11.7. The van der Waals surface area contributed by atoms with Crippen molar-refractivity contribution in [3.63, 3.8) is 0 Å². The SMILES string of the molecule is CC(OCC(O)C1CC(O)CO1)C(=O)OCCC(O)C(O)C(O)CO.CO. The molecule has 162 valence electrons. The van der Waals surface area contributed by atoms with Crippen LogP contribution in [0, 0.1) is 0 Å². The summed E-state index contributed by atoms with van der Waals surface area (Å²) in [6, 6.07) is 0. The Hall–Kier alpha value is -0.890. The Labute approximate surface area is 157 Å². The van der Waals surface area contributed by atoms with Crippen LogP contribution in [0.1, 0.15) is 19.8 Å². The Bertz CT molecular complexity index is 395. The first kappa shape index (κ1) is 26.1. The zero-order valence-electron chi connectivity index (χ0n) is 15.5. The summed E-state index contributed by atoms with van der Waals surface area (Å²) in [5.74, 6) is -0.719. The van der Waals surface area contributed by atoms with Crippen molar-refractivity contribution in [3.05, 3.63) is 0 Å². The fourth-order valence-electron chi connectivity index (χ4n) is 2.26. The second kappa shape index (κ2) is 14.2. The van der Waals surface area contributed by atoms with Gasteiger partial charge in [0.25, 0.3) is 0 Å². The van der Waals surface area contributed by atoms with Gasteiger partial charge in [0.1, 0.15) is 18.3 Å². The van der Waals surface area contributed by atoms with Crippen LogP contribution >= 0.6 is 0 Å². The van der Waals surface area contributed by atoms with E-state index in [2.05, 4.69) is 0 Å². The van der Waals surface area contributed by atoms with Crippen molar-refractivity contribution in [2.75, 3.05) is 33.5 Å². The standard InChI is InChI=1S/C15H28O10.CH4O/c1-8(24-7-12(20)13-4-9(17)6-25-13)15(22)23-3-2-10(18)14(21)11(19)5-16;1-2/h8-14,16-21H,2-7H2,1H3;2H,1H3. The average molecular weight is 400 g/mol. The van der Waals surface area contributed by atoms with Crippen LogP contribution in [0.4, 0.5) is 0 Å². The lowest BCUT2D eigenvalue weighted by molar-refractivity contribution is -0.160. The maximum Gasteiger partial charge on any atom is 0.334 e. The molecule has 11 nitrogen and oxygen atoms in total. The van der Waals surface area contributed by atoms with Gasteiger partial charge in [0, 0.05) is 20.0 Å². The Morgan fingerprint density at radius 2 is 1.81 bits per heavy atom. The van der Waals surface area contributed by atoms with E-state index in [0.29, 0.717) is 6.42 Å². The third kappa shape index (κ3) is 9.74. The number of rotatable bonds is 11. The Morgan fingerprint density at radius 3 is 2.33 bits per heavy atom. The molecule has 27 heavy (non-hydrogen) atoms. The van der Waals surface area contributed by atoms with E-state index in [1.807, 2.05) is 0 Å². The molecule has 0 saturated carbocycles. The van der Waals surface area contributed by atoms with Crippen molar-refractivity contribution in [2.24, 2.45) is 0 Å². The van der Waals surface area contributed by atoms with Crippen LogP contribution in [0.25, 0.3) is 0 Å². The quantitative estimate of drug-likeness (QED) is 0.171. The summed E-state index contributed by atoms with van der Waals surface area (Å²) in [5.41, 5.74) is 0. The molecule has 0 radical (unpaired) electrons. The molecule has 1 heterocycles. The summed E-state index contributed by atoms with van der Waals surface area (Å²) in [6.45, 7) is 0.493. The number of ether oxygens (including phenoxy) is 3. The maximum atomic E-state index is 11.7. The van der Waals surface area contributed by atoms with Crippen LogP contribution in [-0.4, -0.2) is 118 Å². The minimum absolute atomic E-state index is 0.132. The van der Waals surface area contributed by atoms with Crippen LogP contribution in [0.5, 0.6) is 0 Å². The highest BCUT2D eigenvalue weighted by Gasteiger charge is 2.31. The highest BCUT2D eigenvalue weighted by atomic mass is 16.6. The number of hydrogen-bond donors (Lipinski definition) is 7. The molecule has 1 fully saturated rings. The minimum atomic E-state index is -1.55. The number of hydrogen-bond acceptors (Lipinski definition) is 11. The zero-order chi connectivity index (χ0) is 21.0.